The van der Waals surface area contributed by atoms with Gasteiger partial charge in [0.05, 0.1) is 0 Å². The summed E-state index contributed by atoms with van der Waals surface area (Å²) in [5.41, 5.74) is 0. The van der Waals surface area contributed by atoms with Crippen molar-refractivity contribution < 1.29 is 15.1 Å². The Morgan fingerprint density at radius 3 is 3.00 bits per heavy atom. The highest BCUT2D eigenvalue weighted by molar-refractivity contribution is 4.61. The van der Waals surface area contributed by atoms with Crippen molar-refractivity contribution in [2.75, 3.05) is 26.2 Å². The van der Waals surface area contributed by atoms with Crippen molar-refractivity contribution in [2.45, 2.75) is 12.5 Å². The van der Waals surface area contributed by atoms with E-state index in [9.17, 15) is 5.21 Å². The molecule has 1 heterocycles. The number of aliphatic hydroxyl groups excluding tert-OH is 1. The number of aliphatic hydroxyl groups is 1. The van der Waals surface area contributed by atoms with E-state index in [2.05, 4.69) is 5.32 Å². The maximum Gasteiger partial charge on any atom is 0.136 e. The molecule has 0 aromatic heterocycles. The first kappa shape index (κ1) is 8.89. The largest absolute Gasteiger partial charge is 0.598 e. The zero-order valence-corrected chi connectivity index (χ0v) is 6.36. The Hall–Kier alpha value is -0.200. The smallest absolute Gasteiger partial charge is 0.136 e. The minimum atomic E-state index is -1.30. The summed E-state index contributed by atoms with van der Waals surface area (Å²) < 4.78 is 0. The molecule has 1 fully saturated rings. The SMILES string of the molecule is [O-][N+]1(O)CCCNCC(O)C1. The molecule has 1 rings (SSSR count). The highest BCUT2D eigenvalue weighted by Gasteiger charge is 2.21. The standard InChI is InChI=1S/C6H14N2O3/c9-6-4-7-2-1-3-8(10,11)5-6/h6-7,9-10H,1-5H2. The van der Waals surface area contributed by atoms with Gasteiger partial charge in [-0.2, -0.15) is 0 Å². The number of rotatable bonds is 0. The molecule has 0 aromatic rings. The molecule has 1 aliphatic heterocycles. The average Bonchev–Trinajstić information content (AvgIpc) is 1.82. The first-order chi connectivity index (χ1) is 5.10. The fraction of sp³-hybridized carbons (Fsp3) is 1.00. The van der Waals surface area contributed by atoms with Crippen LogP contribution in [0.25, 0.3) is 0 Å². The number of nitrogens with zero attached hydrogens (tertiary/aromatic N) is 1. The van der Waals surface area contributed by atoms with Crippen molar-refractivity contribution in [3.63, 3.8) is 0 Å². The summed E-state index contributed by atoms with van der Waals surface area (Å²) in [4.78, 5) is -1.30. The van der Waals surface area contributed by atoms with Gasteiger partial charge in [-0.05, 0) is 0 Å². The van der Waals surface area contributed by atoms with E-state index in [1.165, 1.54) is 0 Å². The molecule has 0 amide bonds. The van der Waals surface area contributed by atoms with Gasteiger partial charge >= 0.3 is 0 Å². The van der Waals surface area contributed by atoms with Gasteiger partial charge in [-0.15, -0.1) is 0 Å². The second kappa shape index (κ2) is 3.46. The highest BCUT2D eigenvalue weighted by atomic mass is 16.8. The number of β-amino-alcohol motifs (C(OH)–C–C–N with tert-alkyl or cyclic N) is 1. The van der Waals surface area contributed by atoms with E-state index in [0.717, 1.165) is 0 Å². The highest BCUT2D eigenvalue weighted by Crippen LogP contribution is 2.04. The molecule has 0 spiro atoms. The monoisotopic (exact) mass is 162 g/mol. The van der Waals surface area contributed by atoms with Crippen molar-refractivity contribution in [1.82, 2.24) is 5.32 Å². The molecule has 11 heavy (non-hydrogen) atoms. The summed E-state index contributed by atoms with van der Waals surface area (Å²) in [6, 6.07) is 0. The van der Waals surface area contributed by atoms with E-state index in [1.807, 2.05) is 0 Å². The maximum atomic E-state index is 11.0. The second-order valence-corrected chi connectivity index (χ2v) is 2.96. The summed E-state index contributed by atoms with van der Waals surface area (Å²) in [7, 11) is 0. The maximum absolute atomic E-state index is 11.0. The van der Waals surface area contributed by atoms with Crippen LogP contribution in [0, 0.1) is 5.21 Å². The first-order valence-electron chi connectivity index (χ1n) is 3.80. The molecule has 2 atom stereocenters. The summed E-state index contributed by atoms with van der Waals surface area (Å²) in [6.45, 7) is 1.10. The van der Waals surface area contributed by atoms with Gasteiger partial charge in [0.25, 0.3) is 0 Å². The quantitative estimate of drug-likeness (QED) is 0.317. The molecule has 3 N–H and O–H groups in total. The predicted molar refractivity (Wildman–Crippen MR) is 38.6 cm³/mol. The summed E-state index contributed by atoms with van der Waals surface area (Å²) in [5, 5.41) is 32.1. The topological polar surface area (TPSA) is 75.5 Å². The molecule has 2 unspecified atom stereocenters. The Labute approximate surface area is 65.4 Å². The summed E-state index contributed by atoms with van der Waals surface area (Å²) in [5.74, 6) is 0. The van der Waals surface area contributed by atoms with Crippen LogP contribution in [0.4, 0.5) is 0 Å². The van der Waals surface area contributed by atoms with Crippen molar-refractivity contribution in [2.24, 2.45) is 0 Å². The Bertz CT molecular complexity index is 129. The minimum absolute atomic E-state index is 0.132. The number of hydroxylamine groups is 4. The molecule has 1 aliphatic rings. The van der Waals surface area contributed by atoms with Gasteiger partial charge in [0.15, 0.2) is 0 Å². The van der Waals surface area contributed by atoms with Gasteiger partial charge in [0.1, 0.15) is 19.2 Å². The third-order valence-electron chi connectivity index (χ3n) is 1.74. The van der Waals surface area contributed by atoms with E-state index >= 15 is 0 Å². The van der Waals surface area contributed by atoms with Crippen molar-refractivity contribution >= 4 is 0 Å². The van der Waals surface area contributed by atoms with Crippen LogP contribution in [-0.2, 0) is 0 Å². The molecular formula is C6H14N2O3. The molecule has 5 heteroatoms. The van der Waals surface area contributed by atoms with E-state index in [1.54, 1.807) is 0 Å². The fourth-order valence-corrected chi connectivity index (χ4v) is 1.20. The van der Waals surface area contributed by atoms with Crippen molar-refractivity contribution in [3.8, 4) is 0 Å². The Morgan fingerprint density at radius 2 is 2.27 bits per heavy atom. The molecule has 1 saturated heterocycles. The fourth-order valence-electron chi connectivity index (χ4n) is 1.20. The van der Waals surface area contributed by atoms with Crippen LogP contribution in [0.3, 0.4) is 0 Å². The number of hydrogen-bond donors (Lipinski definition) is 3. The molecule has 0 radical (unpaired) electrons. The van der Waals surface area contributed by atoms with Crippen LogP contribution in [0.15, 0.2) is 0 Å². The lowest BCUT2D eigenvalue weighted by molar-refractivity contribution is -1.07. The number of hydrogen-bond acceptors (Lipinski definition) is 4. The lowest BCUT2D eigenvalue weighted by Gasteiger charge is -2.36. The van der Waals surface area contributed by atoms with Crippen LogP contribution < -0.4 is 5.32 Å². The van der Waals surface area contributed by atoms with Gasteiger partial charge in [0.2, 0.25) is 0 Å². The lowest BCUT2D eigenvalue weighted by Crippen LogP contribution is -2.50. The molecule has 66 valence electrons. The van der Waals surface area contributed by atoms with Crippen LogP contribution in [0.1, 0.15) is 6.42 Å². The number of nitrogens with one attached hydrogen (secondary N) is 1. The van der Waals surface area contributed by atoms with Gasteiger partial charge in [-0.25, -0.2) is 10.0 Å². The van der Waals surface area contributed by atoms with Crippen molar-refractivity contribution in [3.05, 3.63) is 5.21 Å². The summed E-state index contributed by atoms with van der Waals surface area (Å²) in [6.07, 6.45) is -0.0926. The molecular weight excluding hydrogens is 148 g/mol. The van der Waals surface area contributed by atoms with Crippen molar-refractivity contribution in [1.29, 1.82) is 0 Å². The van der Waals surface area contributed by atoms with E-state index in [-0.39, 0.29) is 13.1 Å². The zero-order chi connectivity index (χ0) is 8.32. The predicted octanol–water partition coefficient (Wildman–Crippen LogP) is -0.956. The molecule has 0 aliphatic carbocycles. The Kier molecular flexibility index (Phi) is 2.80. The van der Waals surface area contributed by atoms with Gasteiger partial charge in [0, 0.05) is 19.5 Å². The lowest BCUT2D eigenvalue weighted by atomic mass is 10.2. The zero-order valence-electron chi connectivity index (χ0n) is 6.36. The van der Waals surface area contributed by atoms with Crippen LogP contribution in [0.5, 0.6) is 0 Å². The third-order valence-corrected chi connectivity index (χ3v) is 1.74. The van der Waals surface area contributed by atoms with Gasteiger partial charge < -0.3 is 15.6 Å². The summed E-state index contributed by atoms with van der Waals surface area (Å²) >= 11 is 0. The molecule has 5 nitrogen and oxygen atoms in total. The van der Waals surface area contributed by atoms with Crippen LogP contribution in [0.2, 0.25) is 0 Å². The van der Waals surface area contributed by atoms with Gasteiger partial charge in [-0.3, -0.25) is 0 Å². The van der Waals surface area contributed by atoms with Crippen LogP contribution >= 0.6 is 0 Å². The molecule has 0 saturated carbocycles. The molecule has 0 bridgehead atoms. The Morgan fingerprint density at radius 1 is 1.55 bits per heavy atom. The second-order valence-electron chi connectivity index (χ2n) is 2.96. The first-order valence-corrected chi connectivity index (χ1v) is 3.80. The van der Waals surface area contributed by atoms with E-state index in [0.29, 0.717) is 19.5 Å². The van der Waals surface area contributed by atoms with Gasteiger partial charge in [-0.1, -0.05) is 0 Å². The minimum Gasteiger partial charge on any atom is -0.598 e. The molecule has 0 aromatic carbocycles. The van der Waals surface area contributed by atoms with Crippen LogP contribution in [-0.4, -0.2) is 47.4 Å². The van der Waals surface area contributed by atoms with E-state index < -0.39 is 10.9 Å². The normalized spacial score (nSPS) is 41.2. The average molecular weight is 162 g/mol. The van der Waals surface area contributed by atoms with E-state index in [4.69, 9.17) is 10.3 Å². The Balaban J connectivity index is 2.42. The number of quaternary nitrogens is 1. The third kappa shape index (κ3) is 3.13.